The van der Waals surface area contributed by atoms with Crippen LogP contribution < -0.4 is 10.6 Å². The number of aromatic nitrogens is 2. The number of halogens is 1. The van der Waals surface area contributed by atoms with Crippen LogP contribution in [0.15, 0.2) is 54.9 Å². The number of aliphatic hydroxyl groups excluding tert-OH is 1. The number of rotatable bonds is 12. The molecule has 0 bridgehead atoms. The van der Waals surface area contributed by atoms with E-state index >= 15 is 0 Å². The lowest BCUT2D eigenvalue weighted by Gasteiger charge is -2.12. The Balaban J connectivity index is 1.19. The van der Waals surface area contributed by atoms with E-state index in [-0.39, 0.29) is 6.61 Å². The molecule has 0 aliphatic rings. The quantitative estimate of drug-likeness (QED) is 0.194. The average molecular weight is 490 g/mol. The van der Waals surface area contributed by atoms with Crippen molar-refractivity contribution in [1.29, 1.82) is 5.26 Å². The van der Waals surface area contributed by atoms with Gasteiger partial charge in [0, 0.05) is 53.3 Å². The summed E-state index contributed by atoms with van der Waals surface area (Å²) in [7, 11) is 0. The van der Waals surface area contributed by atoms with E-state index in [1.54, 1.807) is 24.4 Å². The van der Waals surface area contributed by atoms with Gasteiger partial charge in [-0.2, -0.15) is 5.26 Å². The van der Waals surface area contributed by atoms with Gasteiger partial charge in [0.15, 0.2) is 0 Å². The van der Waals surface area contributed by atoms with Crippen LogP contribution in [-0.4, -0.2) is 41.4 Å². The van der Waals surface area contributed by atoms with Crippen molar-refractivity contribution in [1.82, 2.24) is 15.3 Å². The number of hydrogen-bond donors (Lipinski definition) is 3. The van der Waals surface area contributed by atoms with Crippen LogP contribution in [0.1, 0.15) is 29.5 Å². The van der Waals surface area contributed by atoms with Crippen LogP contribution in [0.2, 0.25) is 5.02 Å². The molecule has 0 aliphatic carbocycles. The highest BCUT2D eigenvalue weighted by Crippen LogP contribution is 2.29. The molecule has 3 N–H and O–H groups in total. The predicted molar refractivity (Wildman–Crippen MR) is 139 cm³/mol. The molecule has 0 saturated heterocycles. The Kier molecular flexibility index (Phi) is 8.82. The smallest absolute Gasteiger partial charge is 0.134 e. The Morgan fingerprint density at radius 2 is 1.86 bits per heavy atom. The van der Waals surface area contributed by atoms with Crippen LogP contribution in [-0.2, 0) is 17.9 Å². The van der Waals surface area contributed by atoms with Gasteiger partial charge in [-0.05, 0) is 60.8 Å². The highest BCUT2D eigenvalue weighted by atomic mass is 35.5. The molecule has 0 fully saturated rings. The molecule has 0 atom stereocenters. The molecule has 0 radical (unpaired) electrons. The van der Waals surface area contributed by atoms with E-state index in [0.717, 1.165) is 64.6 Å². The maximum atomic E-state index is 9.28. The van der Waals surface area contributed by atoms with E-state index in [1.165, 1.54) is 0 Å². The van der Waals surface area contributed by atoms with Gasteiger partial charge < -0.3 is 20.5 Å². The molecule has 2 aromatic carbocycles. The monoisotopic (exact) mass is 489 g/mol. The Labute approximate surface area is 209 Å². The zero-order valence-corrected chi connectivity index (χ0v) is 20.2. The fourth-order valence-corrected chi connectivity index (χ4v) is 4.27. The second-order valence-electron chi connectivity index (χ2n) is 8.27. The molecule has 2 heterocycles. The summed E-state index contributed by atoms with van der Waals surface area (Å²) >= 11 is 6.08. The van der Waals surface area contributed by atoms with Gasteiger partial charge in [-0.1, -0.05) is 23.7 Å². The van der Waals surface area contributed by atoms with Gasteiger partial charge >= 0.3 is 0 Å². The molecule has 35 heavy (non-hydrogen) atoms. The van der Waals surface area contributed by atoms with Gasteiger partial charge in [0.05, 0.1) is 30.4 Å². The minimum absolute atomic E-state index is 0.00770. The van der Waals surface area contributed by atoms with Crippen LogP contribution in [0, 0.1) is 11.3 Å². The number of nitrogens with one attached hydrogen (secondary N) is 2. The molecule has 0 unspecified atom stereocenters. The molecule has 7 nitrogen and oxygen atoms in total. The summed E-state index contributed by atoms with van der Waals surface area (Å²) in [6.07, 6.45) is 5.56. The van der Waals surface area contributed by atoms with Crippen molar-refractivity contribution >= 4 is 39.1 Å². The van der Waals surface area contributed by atoms with Crippen LogP contribution in [0.4, 0.5) is 5.82 Å². The Bertz CT molecular complexity index is 1340. The summed E-state index contributed by atoms with van der Waals surface area (Å²) in [6.45, 7) is 3.49. The Morgan fingerprint density at radius 1 is 0.971 bits per heavy atom. The number of benzene rings is 2. The van der Waals surface area contributed by atoms with E-state index < -0.39 is 0 Å². The lowest BCUT2D eigenvalue weighted by atomic mass is 10.1. The van der Waals surface area contributed by atoms with E-state index in [9.17, 15) is 10.4 Å². The SMILES string of the molecule is N#Cc1ccc2c(c1)nc(NCCOCCCCNCc1cc(Cl)cc(CO)c1)c1ccncc12. The number of unbranched alkanes of at least 4 members (excludes halogenated alkanes) is 1. The van der Waals surface area contributed by atoms with Crippen molar-refractivity contribution in [2.24, 2.45) is 0 Å². The van der Waals surface area contributed by atoms with Gasteiger partial charge in [-0.3, -0.25) is 4.98 Å². The van der Waals surface area contributed by atoms with Crippen LogP contribution in [0.5, 0.6) is 0 Å². The van der Waals surface area contributed by atoms with Gasteiger partial charge in [-0.25, -0.2) is 4.98 Å². The maximum absolute atomic E-state index is 9.28. The first-order valence-electron chi connectivity index (χ1n) is 11.7. The van der Waals surface area contributed by atoms with Gasteiger partial charge in [0.2, 0.25) is 0 Å². The first-order valence-corrected chi connectivity index (χ1v) is 12.0. The van der Waals surface area contributed by atoms with Crippen LogP contribution >= 0.6 is 11.6 Å². The molecule has 2 aromatic heterocycles. The highest BCUT2D eigenvalue weighted by molar-refractivity contribution is 6.30. The number of ether oxygens (including phenoxy) is 1. The standard InChI is InChI=1S/C27H28ClN5O2/c28-22-12-20(11-21(13-22)18-34)16-30-6-1-2-9-35-10-8-32-27-24-5-7-31-17-25(24)23-4-3-19(15-29)14-26(23)33-27/h3-5,7,11-14,17,30,34H,1-2,6,8-10,16,18H2,(H,32,33). The van der Waals surface area contributed by atoms with Crippen molar-refractivity contribution in [2.45, 2.75) is 26.0 Å². The van der Waals surface area contributed by atoms with Crippen molar-refractivity contribution in [2.75, 3.05) is 31.6 Å². The number of pyridine rings is 2. The molecule has 4 rings (SSSR count). The highest BCUT2D eigenvalue weighted by Gasteiger charge is 2.09. The summed E-state index contributed by atoms with van der Waals surface area (Å²) in [5.41, 5.74) is 3.25. The fourth-order valence-electron chi connectivity index (χ4n) is 3.99. The average Bonchev–Trinajstić information content (AvgIpc) is 2.89. The summed E-state index contributed by atoms with van der Waals surface area (Å²) in [4.78, 5) is 9.01. The predicted octanol–water partition coefficient (Wildman–Crippen LogP) is 4.80. The fraction of sp³-hybridized carbons (Fsp3) is 0.296. The first kappa shape index (κ1) is 24.8. The second-order valence-corrected chi connectivity index (χ2v) is 8.71. The summed E-state index contributed by atoms with van der Waals surface area (Å²) < 4.78 is 5.78. The number of nitriles is 1. The molecule has 0 spiro atoms. The lowest BCUT2D eigenvalue weighted by Crippen LogP contribution is -2.16. The van der Waals surface area contributed by atoms with Crippen molar-refractivity contribution < 1.29 is 9.84 Å². The van der Waals surface area contributed by atoms with Gasteiger partial charge in [-0.15, -0.1) is 0 Å². The zero-order valence-electron chi connectivity index (χ0n) is 19.4. The lowest BCUT2D eigenvalue weighted by molar-refractivity contribution is 0.140. The molecule has 180 valence electrons. The van der Waals surface area contributed by atoms with E-state index in [1.807, 2.05) is 30.5 Å². The summed E-state index contributed by atoms with van der Waals surface area (Å²) in [5, 5.41) is 28.9. The minimum Gasteiger partial charge on any atom is -0.392 e. The van der Waals surface area contributed by atoms with Crippen LogP contribution in [0.25, 0.3) is 21.7 Å². The molecule has 0 aliphatic heterocycles. The second kappa shape index (κ2) is 12.4. The van der Waals surface area contributed by atoms with Crippen molar-refractivity contribution in [3.63, 3.8) is 0 Å². The normalized spacial score (nSPS) is 11.1. The Morgan fingerprint density at radius 3 is 2.71 bits per heavy atom. The number of aliphatic hydroxyl groups is 1. The number of nitrogens with zero attached hydrogens (tertiary/aromatic N) is 3. The third-order valence-corrected chi connectivity index (χ3v) is 5.90. The number of hydrogen-bond acceptors (Lipinski definition) is 7. The molecule has 0 saturated carbocycles. The summed E-state index contributed by atoms with van der Waals surface area (Å²) in [6, 6.07) is 15.3. The van der Waals surface area contributed by atoms with Gasteiger partial charge in [0.25, 0.3) is 0 Å². The van der Waals surface area contributed by atoms with Gasteiger partial charge in [0.1, 0.15) is 5.82 Å². The largest absolute Gasteiger partial charge is 0.392 e. The molecular weight excluding hydrogens is 462 g/mol. The third kappa shape index (κ3) is 6.65. The topological polar surface area (TPSA) is 103 Å². The van der Waals surface area contributed by atoms with Crippen LogP contribution in [0.3, 0.4) is 0 Å². The maximum Gasteiger partial charge on any atom is 0.134 e. The van der Waals surface area contributed by atoms with E-state index in [0.29, 0.717) is 30.3 Å². The van der Waals surface area contributed by atoms with Crippen molar-refractivity contribution in [3.8, 4) is 6.07 Å². The molecule has 4 aromatic rings. The molecular formula is C27H28ClN5O2. The number of fused-ring (bicyclic) bond motifs is 3. The number of anilines is 1. The molecule has 8 heteroatoms. The van der Waals surface area contributed by atoms with Crippen molar-refractivity contribution in [3.05, 3.63) is 76.6 Å². The zero-order chi connectivity index (χ0) is 24.5. The molecule has 0 amide bonds. The summed E-state index contributed by atoms with van der Waals surface area (Å²) in [5.74, 6) is 0.767. The third-order valence-electron chi connectivity index (χ3n) is 5.69. The van der Waals surface area contributed by atoms with E-state index in [2.05, 4.69) is 21.7 Å². The first-order chi connectivity index (χ1) is 17.2. The van der Waals surface area contributed by atoms with E-state index in [4.69, 9.17) is 21.3 Å². The minimum atomic E-state index is -0.00770. The Hall–Kier alpha value is -3.28.